The highest BCUT2D eigenvalue weighted by Gasteiger charge is 2.46. The van der Waals surface area contributed by atoms with Gasteiger partial charge in [0.1, 0.15) is 5.75 Å². The van der Waals surface area contributed by atoms with Crippen LogP contribution in [0.25, 0.3) is 0 Å². The molecule has 1 saturated heterocycles. The predicted molar refractivity (Wildman–Crippen MR) is 105 cm³/mol. The number of rotatable bonds is 6. The van der Waals surface area contributed by atoms with Crippen LogP contribution in [0.15, 0.2) is 54.6 Å². The number of thioether (sulfide) groups is 2. The number of ether oxygens (including phenoxy) is 1. The quantitative estimate of drug-likeness (QED) is 0.537. The molecular formula is C19H21NO3S2. The van der Waals surface area contributed by atoms with E-state index in [-0.39, 0.29) is 21.5 Å². The molecule has 1 atom stereocenters. The van der Waals surface area contributed by atoms with Crippen molar-refractivity contribution < 1.29 is 9.66 Å². The van der Waals surface area contributed by atoms with Gasteiger partial charge < -0.3 is 4.74 Å². The summed E-state index contributed by atoms with van der Waals surface area (Å²) in [6, 6.07) is 17.9. The van der Waals surface area contributed by atoms with Crippen molar-refractivity contribution >= 4 is 23.5 Å². The molecule has 0 spiro atoms. The first-order chi connectivity index (χ1) is 12.2. The average molecular weight is 376 g/mol. The second-order valence-corrected chi connectivity index (χ2v) is 8.87. The third kappa shape index (κ3) is 3.96. The maximum atomic E-state index is 11.5. The summed E-state index contributed by atoms with van der Waals surface area (Å²) in [5.41, 5.74) is 2.15. The van der Waals surface area contributed by atoms with Crippen molar-refractivity contribution in [2.45, 2.75) is 16.4 Å². The Hall–Kier alpha value is -1.66. The molecule has 3 rings (SSSR count). The van der Waals surface area contributed by atoms with Gasteiger partial charge in [0.25, 0.3) is 0 Å². The summed E-state index contributed by atoms with van der Waals surface area (Å²) in [5, 5.41) is 11.5. The minimum Gasteiger partial charge on any atom is -0.497 e. The topological polar surface area (TPSA) is 52.4 Å². The molecule has 132 valence electrons. The first-order valence-electron chi connectivity index (χ1n) is 8.25. The molecule has 0 aromatic heterocycles. The monoisotopic (exact) mass is 375 g/mol. The predicted octanol–water partition coefficient (Wildman–Crippen LogP) is 4.78. The van der Waals surface area contributed by atoms with Crippen LogP contribution in [0.2, 0.25) is 0 Å². The largest absolute Gasteiger partial charge is 0.497 e. The number of methoxy groups -OCH3 is 1. The Morgan fingerprint density at radius 3 is 2.32 bits per heavy atom. The van der Waals surface area contributed by atoms with Crippen LogP contribution in [0.4, 0.5) is 0 Å². The Labute approximate surface area is 156 Å². The van der Waals surface area contributed by atoms with Crippen LogP contribution in [-0.4, -0.2) is 30.1 Å². The highest BCUT2D eigenvalue weighted by atomic mass is 32.2. The molecule has 2 aromatic rings. The van der Waals surface area contributed by atoms with E-state index in [1.54, 1.807) is 7.11 Å². The molecule has 0 radical (unpaired) electrons. The molecule has 1 unspecified atom stereocenters. The Morgan fingerprint density at radius 1 is 1.12 bits per heavy atom. The van der Waals surface area contributed by atoms with Crippen LogP contribution in [-0.2, 0) is 4.08 Å². The molecule has 1 fully saturated rings. The van der Waals surface area contributed by atoms with E-state index in [0.29, 0.717) is 0 Å². The number of hydrogen-bond acceptors (Lipinski definition) is 5. The molecule has 4 nitrogen and oxygen atoms in total. The van der Waals surface area contributed by atoms with E-state index in [2.05, 4.69) is 12.1 Å². The lowest BCUT2D eigenvalue weighted by Gasteiger charge is -2.41. The number of benzene rings is 2. The summed E-state index contributed by atoms with van der Waals surface area (Å²) in [4.78, 5) is 11.3. The van der Waals surface area contributed by atoms with Gasteiger partial charge in [-0.2, -0.15) is 0 Å². The molecule has 6 heteroatoms. The maximum absolute atomic E-state index is 11.5. The third-order valence-corrected chi connectivity index (χ3v) is 8.00. The lowest BCUT2D eigenvalue weighted by Crippen LogP contribution is -2.34. The molecule has 25 heavy (non-hydrogen) atoms. The van der Waals surface area contributed by atoms with Gasteiger partial charge in [0.15, 0.2) is 0 Å². The van der Waals surface area contributed by atoms with Gasteiger partial charge in [-0.25, -0.2) is 0 Å². The van der Waals surface area contributed by atoms with E-state index in [9.17, 15) is 10.1 Å². The summed E-state index contributed by atoms with van der Waals surface area (Å²) in [7, 11) is 1.63. The number of nitrogens with zero attached hydrogens (tertiary/aromatic N) is 1. The fourth-order valence-electron chi connectivity index (χ4n) is 3.22. The van der Waals surface area contributed by atoms with Crippen molar-refractivity contribution in [3.05, 3.63) is 75.8 Å². The van der Waals surface area contributed by atoms with Gasteiger partial charge in [0, 0.05) is 4.92 Å². The molecule has 0 amide bonds. The molecule has 0 saturated carbocycles. The fourth-order valence-corrected chi connectivity index (χ4v) is 6.85. The fraction of sp³-hybridized carbons (Fsp3) is 0.368. The van der Waals surface area contributed by atoms with Crippen LogP contribution in [0.1, 0.15) is 23.5 Å². The molecule has 0 aliphatic carbocycles. The summed E-state index contributed by atoms with van der Waals surface area (Å²) in [6.07, 6.45) is 1.14. The van der Waals surface area contributed by atoms with E-state index in [1.165, 1.54) is 0 Å². The normalized spacial score (nSPS) is 17.6. The molecule has 1 aliphatic rings. The molecule has 2 aromatic carbocycles. The average Bonchev–Trinajstić information content (AvgIpc) is 2.67. The molecule has 1 heterocycles. The molecule has 1 aliphatic heterocycles. The Morgan fingerprint density at radius 2 is 1.76 bits per heavy atom. The van der Waals surface area contributed by atoms with E-state index >= 15 is 0 Å². The zero-order valence-electron chi connectivity index (χ0n) is 14.1. The zero-order chi connectivity index (χ0) is 17.7. The standard InChI is InChI=1S/C19H21NO3S2/c1-23-17-10-8-15(9-11-17)18(14-20(21)22)19(24-12-5-13-25-19)16-6-3-2-4-7-16/h2-4,6-11,18H,5,12-14H2,1H3. The number of hydrogen-bond donors (Lipinski definition) is 0. The van der Waals surface area contributed by atoms with Crippen molar-refractivity contribution in [2.24, 2.45) is 0 Å². The van der Waals surface area contributed by atoms with Crippen molar-refractivity contribution in [1.29, 1.82) is 0 Å². The lowest BCUT2D eigenvalue weighted by molar-refractivity contribution is -0.483. The smallest absolute Gasteiger partial charge is 0.213 e. The maximum Gasteiger partial charge on any atom is 0.213 e. The SMILES string of the molecule is COc1ccc(C(C[N+](=O)[O-])C2(c3ccccc3)SCCCS2)cc1. The van der Waals surface area contributed by atoms with Crippen molar-refractivity contribution in [1.82, 2.24) is 0 Å². The first-order valence-corrected chi connectivity index (χ1v) is 10.2. The van der Waals surface area contributed by atoms with Gasteiger partial charge in [0.05, 0.1) is 17.1 Å². The highest BCUT2D eigenvalue weighted by molar-refractivity contribution is 8.18. The summed E-state index contributed by atoms with van der Waals surface area (Å²) in [5.74, 6) is 2.60. The Balaban J connectivity index is 2.07. The van der Waals surface area contributed by atoms with Gasteiger partial charge in [-0.1, -0.05) is 42.5 Å². The molecule has 0 bridgehead atoms. The van der Waals surface area contributed by atoms with Crippen molar-refractivity contribution in [2.75, 3.05) is 25.2 Å². The van der Waals surface area contributed by atoms with Gasteiger partial charge >= 0.3 is 0 Å². The highest BCUT2D eigenvalue weighted by Crippen LogP contribution is 2.58. The number of nitro groups is 1. The van der Waals surface area contributed by atoms with Crippen molar-refractivity contribution in [3.8, 4) is 5.75 Å². The van der Waals surface area contributed by atoms with E-state index in [0.717, 1.165) is 34.8 Å². The third-order valence-electron chi connectivity index (χ3n) is 4.41. The molecular weight excluding hydrogens is 354 g/mol. The van der Waals surface area contributed by atoms with Gasteiger partial charge in [0.2, 0.25) is 6.54 Å². The van der Waals surface area contributed by atoms with Gasteiger partial charge in [-0.3, -0.25) is 10.1 Å². The molecule has 0 N–H and O–H groups in total. The lowest BCUT2D eigenvalue weighted by atomic mass is 9.90. The van der Waals surface area contributed by atoms with Gasteiger partial charge in [-0.15, -0.1) is 23.5 Å². The van der Waals surface area contributed by atoms with Crippen LogP contribution in [0.3, 0.4) is 0 Å². The van der Waals surface area contributed by atoms with Crippen LogP contribution >= 0.6 is 23.5 Å². The second-order valence-electron chi connectivity index (χ2n) is 5.93. The van der Waals surface area contributed by atoms with E-state index < -0.39 is 0 Å². The summed E-state index contributed by atoms with van der Waals surface area (Å²) in [6.45, 7) is -0.0821. The summed E-state index contributed by atoms with van der Waals surface area (Å²) < 4.78 is 4.91. The minimum atomic E-state index is -0.332. The van der Waals surface area contributed by atoms with Gasteiger partial charge in [-0.05, 0) is 41.2 Å². The van der Waals surface area contributed by atoms with Crippen LogP contribution in [0.5, 0.6) is 5.75 Å². The Kier molecular flexibility index (Phi) is 5.91. The minimum absolute atomic E-state index is 0.0821. The first kappa shape index (κ1) is 18.1. The van der Waals surface area contributed by atoms with E-state index in [4.69, 9.17) is 4.74 Å². The van der Waals surface area contributed by atoms with Crippen LogP contribution in [0, 0.1) is 10.1 Å². The van der Waals surface area contributed by atoms with Crippen molar-refractivity contribution in [3.63, 3.8) is 0 Å². The second kappa shape index (κ2) is 8.15. The van der Waals surface area contributed by atoms with E-state index in [1.807, 2.05) is 66.0 Å². The zero-order valence-corrected chi connectivity index (χ0v) is 15.7. The summed E-state index contributed by atoms with van der Waals surface area (Å²) >= 11 is 3.69. The van der Waals surface area contributed by atoms with Crippen LogP contribution < -0.4 is 4.74 Å². The Bertz CT molecular complexity index is 700.